The van der Waals surface area contributed by atoms with E-state index in [1.807, 2.05) is 12.1 Å². The first-order valence-corrected chi connectivity index (χ1v) is 9.45. The van der Waals surface area contributed by atoms with Crippen LogP contribution in [-0.2, 0) is 12.8 Å². The number of esters is 1. The Morgan fingerprint density at radius 1 is 0.963 bits per heavy atom. The van der Waals surface area contributed by atoms with Crippen molar-refractivity contribution in [1.29, 1.82) is 0 Å². The summed E-state index contributed by atoms with van der Waals surface area (Å²) in [5, 5.41) is 0. The fourth-order valence-electron chi connectivity index (χ4n) is 3.44. The smallest absolute Gasteiger partial charge is 0.353 e. The fraction of sp³-hybridized carbons (Fsp3) is 0.190. The summed E-state index contributed by atoms with van der Waals surface area (Å²) in [5.41, 5.74) is 3.61. The zero-order valence-electron chi connectivity index (χ0n) is 14.6. The minimum absolute atomic E-state index is 0.189. The molecular formula is C21H16O5S. The third kappa shape index (κ3) is 2.82. The van der Waals surface area contributed by atoms with Crippen molar-refractivity contribution in [2.24, 2.45) is 0 Å². The van der Waals surface area contributed by atoms with Crippen molar-refractivity contribution in [2.45, 2.75) is 12.8 Å². The normalized spacial score (nSPS) is 13.7. The number of methoxy groups -OCH3 is 1. The molecule has 0 saturated carbocycles. The molecule has 2 aromatic carbocycles. The molecule has 0 saturated heterocycles. The summed E-state index contributed by atoms with van der Waals surface area (Å²) in [4.78, 5) is 14.4. The largest absolute Gasteiger partial charge is 0.497 e. The topological polar surface area (TPSA) is 54.0 Å². The van der Waals surface area contributed by atoms with Crippen molar-refractivity contribution < 1.29 is 23.7 Å². The summed E-state index contributed by atoms with van der Waals surface area (Å²) in [5.74, 6) is 2.20. The van der Waals surface area contributed by atoms with Gasteiger partial charge in [-0.05, 0) is 65.9 Å². The molecule has 5 nitrogen and oxygen atoms in total. The van der Waals surface area contributed by atoms with Gasteiger partial charge < -0.3 is 18.9 Å². The first kappa shape index (κ1) is 16.2. The Morgan fingerprint density at radius 2 is 1.78 bits per heavy atom. The Kier molecular flexibility index (Phi) is 3.79. The molecule has 27 heavy (non-hydrogen) atoms. The van der Waals surface area contributed by atoms with Crippen LogP contribution in [0, 0.1) is 0 Å². The molecule has 1 aliphatic heterocycles. The molecule has 0 unspecified atom stereocenters. The Bertz CT molecular complexity index is 1050. The molecule has 1 aliphatic carbocycles. The molecule has 5 rings (SSSR count). The Labute approximate surface area is 160 Å². The van der Waals surface area contributed by atoms with Crippen LogP contribution in [0.15, 0.2) is 42.5 Å². The van der Waals surface area contributed by atoms with E-state index in [-0.39, 0.29) is 12.8 Å². The van der Waals surface area contributed by atoms with Crippen LogP contribution >= 0.6 is 11.3 Å². The van der Waals surface area contributed by atoms with Gasteiger partial charge in [0, 0.05) is 10.9 Å². The van der Waals surface area contributed by atoms with Gasteiger partial charge in [-0.15, -0.1) is 11.3 Å². The summed E-state index contributed by atoms with van der Waals surface area (Å²) in [6, 6.07) is 13.2. The zero-order valence-corrected chi connectivity index (χ0v) is 15.4. The van der Waals surface area contributed by atoms with Gasteiger partial charge in [0.25, 0.3) is 0 Å². The van der Waals surface area contributed by atoms with Gasteiger partial charge in [0.1, 0.15) is 16.4 Å². The molecular weight excluding hydrogens is 364 g/mol. The lowest BCUT2D eigenvalue weighted by Crippen LogP contribution is -2.06. The van der Waals surface area contributed by atoms with Crippen LogP contribution < -0.4 is 18.9 Å². The van der Waals surface area contributed by atoms with Crippen LogP contribution in [0.25, 0.3) is 10.4 Å². The van der Waals surface area contributed by atoms with Crippen molar-refractivity contribution >= 4 is 17.3 Å². The maximum absolute atomic E-state index is 12.6. The number of thiophene rings is 1. The number of ether oxygens (including phenoxy) is 4. The van der Waals surface area contributed by atoms with E-state index in [2.05, 4.69) is 12.1 Å². The molecule has 0 N–H and O–H groups in total. The van der Waals surface area contributed by atoms with Crippen molar-refractivity contribution in [3.8, 4) is 33.4 Å². The number of carbonyl (C=O) groups is 1. The summed E-state index contributed by atoms with van der Waals surface area (Å²) < 4.78 is 21.5. The van der Waals surface area contributed by atoms with Crippen LogP contribution in [0.5, 0.6) is 23.0 Å². The minimum atomic E-state index is -0.358. The van der Waals surface area contributed by atoms with E-state index in [1.165, 1.54) is 28.0 Å². The summed E-state index contributed by atoms with van der Waals surface area (Å²) >= 11 is 1.47. The van der Waals surface area contributed by atoms with Gasteiger partial charge in [0.05, 0.1) is 7.11 Å². The monoisotopic (exact) mass is 380 g/mol. The van der Waals surface area contributed by atoms with Crippen LogP contribution in [0.1, 0.15) is 20.8 Å². The number of hydrogen-bond donors (Lipinski definition) is 0. The first-order valence-electron chi connectivity index (χ1n) is 8.63. The average Bonchev–Trinajstić information content (AvgIpc) is 3.33. The molecule has 3 aromatic rings. The van der Waals surface area contributed by atoms with Crippen molar-refractivity contribution in [1.82, 2.24) is 0 Å². The van der Waals surface area contributed by atoms with Gasteiger partial charge in [0.2, 0.25) is 6.79 Å². The van der Waals surface area contributed by atoms with Gasteiger partial charge in [-0.2, -0.15) is 0 Å². The number of carbonyl (C=O) groups excluding carboxylic acids is 1. The van der Waals surface area contributed by atoms with Crippen LogP contribution in [-0.4, -0.2) is 19.9 Å². The van der Waals surface area contributed by atoms with Crippen LogP contribution in [0.2, 0.25) is 0 Å². The first-order chi connectivity index (χ1) is 13.2. The molecule has 0 radical (unpaired) electrons. The lowest BCUT2D eigenvalue weighted by atomic mass is 9.91. The fourth-order valence-corrected chi connectivity index (χ4v) is 4.58. The average molecular weight is 380 g/mol. The predicted molar refractivity (Wildman–Crippen MR) is 101 cm³/mol. The lowest BCUT2D eigenvalue weighted by molar-refractivity contribution is 0.0739. The van der Waals surface area contributed by atoms with E-state index in [4.69, 9.17) is 18.9 Å². The van der Waals surface area contributed by atoms with E-state index in [0.29, 0.717) is 22.1 Å². The number of fused-ring (bicyclic) bond motifs is 4. The van der Waals surface area contributed by atoms with E-state index < -0.39 is 0 Å². The van der Waals surface area contributed by atoms with Crippen molar-refractivity contribution in [3.05, 3.63) is 58.5 Å². The molecule has 0 atom stereocenters. The second-order valence-electron chi connectivity index (χ2n) is 6.39. The van der Waals surface area contributed by atoms with Gasteiger partial charge in [-0.3, -0.25) is 0 Å². The Morgan fingerprint density at radius 3 is 2.67 bits per heavy atom. The summed E-state index contributed by atoms with van der Waals surface area (Å²) in [6.07, 6.45) is 1.84. The number of benzene rings is 2. The molecule has 2 aliphatic rings. The highest BCUT2D eigenvalue weighted by Crippen LogP contribution is 2.41. The minimum Gasteiger partial charge on any atom is -0.497 e. The van der Waals surface area contributed by atoms with Crippen LogP contribution in [0.4, 0.5) is 0 Å². The zero-order chi connectivity index (χ0) is 18.4. The lowest BCUT2D eigenvalue weighted by Gasteiger charge is -2.16. The van der Waals surface area contributed by atoms with E-state index in [1.54, 1.807) is 25.3 Å². The molecule has 1 aromatic heterocycles. The number of hydrogen-bond acceptors (Lipinski definition) is 6. The molecule has 6 heteroatoms. The molecule has 0 fully saturated rings. The Balaban J connectivity index is 1.42. The third-order valence-corrected chi connectivity index (χ3v) is 5.98. The van der Waals surface area contributed by atoms with E-state index in [0.717, 1.165) is 23.5 Å². The molecule has 0 bridgehead atoms. The SMILES string of the molecule is COc1ccc2c(c1)CCc1cc(C(=O)Oc3ccc4c(c3)OCO4)sc1-2. The highest BCUT2D eigenvalue weighted by Gasteiger charge is 2.23. The second-order valence-corrected chi connectivity index (χ2v) is 7.44. The quantitative estimate of drug-likeness (QED) is 0.496. The highest BCUT2D eigenvalue weighted by atomic mass is 32.1. The maximum atomic E-state index is 12.6. The van der Waals surface area contributed by atoms with Crippen molar-refractivity contribution in [2.75, 3.05) is 13.9 Å². The maximum Gasteiger partial charge on any atom is 0.353 e. The number of rotatable bonds is 3. The van der Waals surface area contributed by atoms with Gasteiger partial charge >= 0.3 is 5.97 Å². The molecule has 136 valence electrons. The standard InChI is InChI=1S/C21H16O5S/c1-23-14-4-6-16-12(8-14)2-3-13-9-19(27-20(13)16)21(22)26-15-5-7-17-18(10-15)25-11-24-17/h4-10H,2-3,11H2,1H3. The van der Waals surface area contributed by atoms with Crippen LogP contribution in [0.3, 0.4) is 0 Å². The second kappa shape index (κ2) is 6.32. The van der Waals surface area contributed by atoms with Gasteiger partial charge in [-0.1, -0.05) is 0 Å². The predicted octanol–water partition coefficient (Wildman–Crippen LogP) is 4.47. The Hall–Kier alpha value is -2.99. The molecule has 2 heterocycles. The summed E-state index contributed by atoms with van der Waals surface area (Å²) in [6.45, 7) is 0.189. The number of aryl methyl sites for hydroxylation is 2. The van der Waals surface area contributed by atoms with E-state index >= 15 is 0 Å². The van der Waals surface area contributed by atoms with E-state index in [9.17, 15) is 4.79 Å². The highest BCUT2D eigenvalue weighted by molar-refractivity contribution is 7.17. The third-order valence-electron chi connectivity index (χ3n) is 4.79. The summed E-state index contributed by atoms with van der Waals surface area (Å²) in [7, 11) is 1.67. The molecule has 0 spiro atoms. The van der Waals surface area contributed by atoms with Gasteiger partial charge in [0.15, 0.2) is 11.5 Å². The molecule has 0 amide bonds. The van der Waals surface area contributed by atoms with Crippen molar-refractivity contribution in [3.63, 3.8) is 0 Å². The van der Waals surface area contributed by atoms with Gasteiger partial charge in [-0.25, -0.2) is 4.79 Å².